The van der Waals surface area contributed by atoms with Crippen molar-refractivity contribution in [1.29, 1.82) is 0 Å². The van der Waals surface area contributed by atoms with Crippen LogP contribution in [0.5, 0.6) is 5.75 Å². The summed E-state index contributed by atoms with van der Waals surface area (Å²) in [7, 11) is 1.51. The number of benzene rings is 1. The molecule has 1 aromatic carbocycles. The van der Waals surface area contributed by atoms with Crippen molar-refractivity contribution >= 4 is 29.1 Å². The molecular weight excluding hydrogens is 442 g/mol. The van der Waals surface area contributed by atoms with Crippen molar-refractivity contribution in [2.45, 2.75) is 50.6 Å². The Hall–Kier alpha value is -2.03. The molecule has 0 saturated carbocycles. The molecule has 3 aliphatic heterocycles. The van der Waals surface area contributed by atoms with Crippen LogP contribution < -0.4 is 21.1 Å². The number of carbonyl (C=O) groups excluding carboxylic acids is 2. The van der Waals surface area contributed by atoms with Gasteiger partial charge in [0.05, 0.1) is 29.4 Å². The van der Waals surface area contributed by atoms with Gasteiger partial charge in [0.25, 0.3) is 5.91 Å². The van der Waals surface area contributed by atoms with Crippen LogP contribution in [0, 0.1) is 5.92 Å². The van der Waals surface area contributed by atoms with Crippen molar-refractivity contribution < 1.29 is 14.3 Å². The van der Waals surface area contributed by atoms with Gasteiger partial charge in [-0.15, -0.1) is 0 Å². The summed E-state index contributed by atoms with van der Waals surface area (Å²) in [5, 5.41) is 6.89. The van der Waals surface area contributed by atoms with Crippen molar-refractivity contribution in [2.75, 3.05) is 52.1 Å². The largest absolute Gasteiger partial charge is 0.496 e. The monoisotopic (exact) mass is 477 g/mol. The molecule has 3 aliphatic rings. The highest BCUT2D eigenvalue weighted by molar-refractivity contribution is 6.33. The van der Waals surface area contributed by atoms with E-state index in [-0.39, 0.29) is 18.0 Å². The lowest BCUT2D eigenvalue weighted by Crippen LogP contribution is -2.57. The number of likely N-dealkylation sites (tertiary alicyclic amines) is 2. The van der Waals surface area contributed by atoms with Gasteiger partial charge in [-0.2, -0.15) is 0 Å². The minimum atomic E-state index is -0.213. The Kier molecular flexibility index (Phi) is 7.98. The van der Waals surface area contributed by atoms with Gasteiger partial charge in [-0.3, -0.25) is 14.5 Å². The topological polar surface area (TPSA) is 99.9 Å². The SMILES string of the molecule is COc1cc(N)c(Cl)cc1C(=O)NC1CCN(C(C(=O)N2CCCC2)C2CCNCC2)CC1. The molecule has 33 heavy (non-hydrogen) atoms. The Labute approximate surface area is 201 Å². The number of hydrogen-bond donors (Lipinski definition) is 3. The van der Waals surface area contributed by atoms with Crippen LogP contribution in [0.3, 0.4) is 0 Å². The third-order valence-corrected chi connectivity index (χ3v) is 7.65. The molecule has 0 aromatic heterocycles. The van der Waals surface area contributed by atoms with Crippen molar-refractivity contribution in [1.82, 2.24) is 20.4 Å². The second kappa shape index (κ2) is 10.9. The zero-order valence-corrected chi connectivity index (χ0v) is 20.2. The highest BCUT2D eigenvalue weighted by Crippen LogP contribution is 2.30. The van der Waals surface area contributed by atoms with Crippen LogP contribution in [0.15, 0.2) is 12.1 Å². The van der Waals surface area contributed by atoms with E-state index in [0.717, 1.165) is 77.8 Å². The number of nitrogens with zero attached hydrogens (tertiary/aromatic N) is 2. The molecule has 3 heterocycles. The molecule has 0 bridgehead atoms. The molecule has 1 aromatic rings. The van der Waals surface area contributed by atoms with Crippen molar-refractivity contribution in [2.24, 2.45) is 5.92 Å². The molecule has 4 N–H and O–H groups in total. The van der Waals surface area contributed by atoms with E-state index in [1.54, 1.807) is 12.1 Å². The minimum Gasteiger partial charge on any atom is -0.496 e. The second-order valence-corrected chi connectivity index (χ2v) is 9.83. The molecule has 3 fully saturated rings. The standard InChI is InChI=1S/C24H36ClN5O3/c1-33-21-15-20(26)19(25)14-18(21)23(31)28-17-6-12-29(13-7-17)22(16-4-8-27-9-5-16)24(32)30-10-2-3-11-30/h14-17,22,27H,2-13,26H2,1H3,(H,28,31). The van der Waals surface area contributed by atoms with E-state index in [9.17, 15) is 9.59 Å². The number of ether oxygens (including phenoxy) is 1. The fourth-order valence-corrected chi connectivity index (χ4v) is 5.60. The average molecular weight is 478 g/mol. The maximum absolute atomic E-state index is 13.5. The van der Waals surface area contributed by atoms with E-state index in [4.69, 9.17) is 22.1 Å². The van der Waals surface area contributed by atoms with Crippen molar-refractivity contribution in [3.8, 4) is 5.75 Å². The van der Waals surface area contributed by atoms with Crippen LogP contribution in [0.2, 0.25) is 5.02 Å². The maximum Gasteiger partial charge on any atom is 0.255 e. The Morgan fingerprint density at radius 2 is 1.79 bits per heavy atom. The zero-order chi connectivity index (χ0) is 23.4. The van der Waals surface area contributed by atoms with Gasteiger partial charge in [0, 0.05) is 38.3 Å². The zero-order valence-electron chi connectivity index (χ0n) is 19.4. The summed E-state index contributed by atoms with van der Waals surface area (Å²) < 4.78 is 5.33. The summed E-state index contributed by atoms with van der Waals surface area (Å²) in [6, 6.07) is 3.14. The number of methoxy groups -OCH3 is 1. The molecular formula is C24H36ClN5O3. The number of anilines is 1. The van der Waals surface area contributed by atoms with Crippen LogP contribution in [-0.2, 0) is 4.79 Å². The smallest absolute Gasteiger partial charge is 0.255 e. The highest BCUT2D eigenvalue weighted by atomic mass is 35.5. The number of nitrogens with two attached hydrogens (primary N) is 1. The lowest BCUT2D eigenvalue weighted by molar-refractivity contribution is -0.139. The van der Waals surface area contributed by atoms with Gasteiger partial charge in [-0.25, -0.2) is 0 Å². The van der Waals surface area contributed by atoms with E-state index >= 15 is 0 Å². The number of nitrogen functional groups attached to an aromatic ring is 1. The minimum absolute atomic E-state index is 0.0437. The van der Waals surface area contributed by atoms with Gasteiger partial charge in [-0.1, -0.05) is 11.6 Å². The number of amides is 2. The van der Waals surface area contributed by atoms with Crippen molar-refractivity contribution in [3.05, 3.63) is 22.7 Å². The van der Waals surface area contributed by atoms with Crippen LogP contribution >= 0.6 is 11.6 Å². The predicted molar refractivity (Wildman–Crippen MR) is 130 cm³/mol. The van der Waals surface area contributed by atoms with Crippen LogP contribution in [-0.4, -0.2) is 80.1 Å². The van der Waals surface area contributed by atoms with Crippen LogP contribution in [0.25, 0.3) is 0 Å². The Bertz CT molecular complexity index is 847. The highest BCUT2D eigenvalue weighted by Gasteiger charge is 2.39. The van der Waals surface area contributed by atoms with Crippen LogP contribution in [0.4, 0.5) is 5.69 Å². The lowest BCUT2D eigenvalue weighted by atomic mass is 9.86. The van der Waals surface area contributed by atoms with E-state index in [2.05, 4.69) is 20.4 Å². The molecule has 3 saturated heterocycles. The summed E-state index contributed by atoms with van der Waals surface area (Å²) in [6.07, 6.45) is 5.92. The van der Waals surface area contributed by atoms with Gasteiger partial charge in [0.1, 0.15) is 5.75 Å². The third kappa shape index (κ3) is 5.55. The lowest BCUT2D eigenvalue weighted by Gasteiger charge is -2.42. The van der Waals surface area contributed by atoms with E-state index in [1.807, 2.05) is 0 Å². The van der Waals surface area contributed by atoms with E-state index in [1.165, 1.54) is 7.11 Å². The molecule has 4 rings (SSSR count). The van der Waals surface area contributed by atoms with Gasteiger partial charge in [-0.05, 0) is 63.6 Å². The summed E-state index contributed by atoms with van der Waals surface area (Å²) in [4.78, 5) is 30.8. The van der Waals surface area contributed by atoms with E-state index in [0.29, 0.717) is 33.8 Å². The van der Waals surface area contributed by atoms with Gasteiger partial charge < -0.3 is 26.0 Å². The summed E-state index contributed by atoms with van der Waals surface area (Å²) in [5.74, 6) is 0.902. The average Bonchev–Trinajstić information content (AvgIpc) is 3.37. The molecule has 1 unspecified atom stereocenters. The normalized spacial score (nSPS) is 21.7. The Morgan fingerprint density at radius 1 is 1.12 bits per heavy atom. The third-order valence-electron chi connectivity index (χ3n) is 7.32. The quantitative estimate of drug-likeness (QED) is 0.543. The van der Waals surface area contributed by atoms with E-state index < -0.39 is 0 Å². The number of piperidine rings is 2. The summed E-state index contributed by atoms with van der Waals surface area (Å²) >= 11 is 6.13. The van der Waals surface area contributed by atoms with Gasteiger partial charge >= 0.3 is 0 Å². The number of halogens is 1. The Balaban J connectivity index is 1.39. The van der Waals surface area contributed by atoms with Gasteiger partial charge in [0.2, 0.25) is 5.91 Å². The predicted octanol–water partition coefficient (Wildman–Crippen LogP) is 2.12. The summed E-state index contributed by atoms with van der Waals surface area (Å²) in [5.41, 5.74) is 6.60. The molecule has 9 heteroatoms. The first-order chi connectivity index (χ1) is 16.0. The molecule has 1 atom stereocenters. The molecule has 8 nitrogen and oxygen atoms in total. The number of carbonyl (C=O) groups is 2. The first-order valence-electron chi connectivity index (χ1n) is 12.2. The molecule has 2 amide bonds. The molecule has 0 radical (unpaired) electrons. The second-order valence-electron chi connectivity index (χ2n) is 9.42. The number of nitrogens with one attached hydrogen (secondary N) is 2. The first-order valence-corrected chi connectivity index (χ1v) is 12.5. The Morgan fingerprint density at radius 3 is 2.42 bits per heavy atom. The fourth-order valence-electron chi connectivity index (χ4n) is 5.44. The molecule has 0 aliphatic carbocycles. The number of rotatable bonds is 6. The summed E-state index contributed by atoms with van der Waals surface area (Å²) in [6.45, 7) is 5.34. The van der Waals surface area contributed by atoms with Crippen molar-refractivity contribution in [3.63, 3.8) is 0 Å². The molecule has 182 valence electrons. The molecule has 0 spiro atoms. The van der Waals surface area contributed by atoms with Gasteiger partial charge in [0.15, 0.2) is 0 Å². The number of hydrogen-bond acceptors (Lipinski definition) is 6. The maximum atomic E-state index is 13.5. The van der Waals surface area contributed by atoms with Crippen LogP contribution in [0.1, 0.15) is 48.9 Å². The first kappa shape index (κ1) is 24.1. The fraction of sp³-hybridized carbons (Fsp3) is 0.667.